The van der Waals surface area contributed by atoms with Crippen molar-refractivity contribution in [3.8, 4) is 0 Å². The van der Waals surface area contributed by atoms with Gasteiger partial charge >= 0.3 is 7.60 Å². The Morgan fingerprint density at radius 1 is 1.11 bits per heavy atom. The molecule has 1 rings (SSSR count). The highest BCUT2D eigenvalue weighted by atomic mass is 31.2. The number of ether oxygens (including phenoxy) is 2. The maximum absolute atomic E-state index is 10.8. The van der Waals surface area contributed by atoms with Gasteiger partial charge in [0.25, 0.3) is 0 Å². The highest BCUT2D eigenvalue weighted by molar-refractivity contribution is 7.52. The first-order chi connectivity index (χ1) is 8.61. The predicted octanol–water partition coefficient (Wildman–Crippen LogP) is -3.70. The fourth-order valence-electron chi connectivity index (χ4n) is 1.72. The summed E-state index contributed by atoms with van der Waals surface area (Å²) in [5, 5.41) is 47.4. The summed E-state index contributed by atoms with van der Waals surface area (Å²) < 4.78 is 20.3. The Labute approximate surface area is 108 Å². The van der Waals surface area contributed by atoms with Crippen molar-refractivity contribution in [1.82, 2.24) is 0 Å². The Morgan fingerprint density at radius 2 is 1.63 bits per heavy atom. The fourth-order valence-corrected chi connectivity index (χ4v) is 2.29. The van der Waals surface area contributed by atoms with Crippen LogP contribution in [0.1, 0.15) is 0 Å². The van der Waals surface area contributed by atoms with Gasteiger partial charge in [-0.15, -0.1) is 0 Å². The van der Waals surface area contributed by atoms with Gasteiger partial charge in [0, 0.05) is 7.11 Å². The lowest BCUT2D eigenvalue weighted by Gasteiger charge is -2.42. The van der Waals surface area contributed by atoms with Crippen molar-refractivity contribution >= 4 is 7.60 Å². The van der Waals surface area contributed by atoms with Crippen molar-refractivity contribution in [2.75, 3.05) is 7.11 Å². The van der Waals surface area contributed by atoms with E-state index in [4.69, 9.17) is 14.5 Å². The van der Waals surface area contributed by atoms with Gasteiger partial charge in [0.2, 0.25) is 0 Å². The topological polar surface area (TPSA) is 177 Å². The van der Waals surface area contributed by atoms with E-state index in [0.717, 1.165) is 7.11 Å². The molecule has 0 amide bonds. The molecule has 1 fully saturated rings. The number of aliphatic hydroxyl groups excluding tert-OH is 5. The van der Waals surface area contributed by atoms with Crippen LogP contribution in [0.15, 0.2) is 0 Å². The van der Waals surface area contributed by atoms with Crippen LogP contribution in [0.25, 0.3) is 0 Å². The third-order valence-electron chi connectivity index (χ3n) is 2.83. The molecule has 0 spiro atoms. The Balaban J connectivity index is 2.90. The van der Waals surface area contributed by atoms with Gasteiger partial charge in [0.15, 0.2) is 12.1 Å². The molecule has 10 nitrogen and oxygen atoms in total. The summed E-state index contributed by atoms with van der Waals surface area (Å²) in [5.41, 5.74) is 0. The third kappa shape index (κ3) is 3.50. The van der Waals surface area contributed by atoms with Crippen molar-refractivity contribution in [2.24, 2.45) is 0 Å². The molecule has 0 aromatic carbocycles. The maximum Gasteiger partial charge on any atom is 0.356 e. The average molecular weight is 304 g/mol. The molecular weight excluding hydrogens is 287 g/mol. The molecule has 114 valence electrons. The minimum Gasteiger partial charge on any atom is -0.387 e. The van der Waals surface area contributed by atoms with Crippen LogP contribution in [0.4, 0.5) is 0 Å². The quantitative estimate of drug-likeness (QED) is 0.256. The summed E-state index contributed by atoms with van der Waals surface area (Å²) in [6.07, 6.45) is -10.6. The Kier molecular flexibility index (Phi) is 5.43. The molecule has 0 saturated carbocycles. The molecular formula is C8H17O10P. The highest BCUT2D eigenvalue weighted by Gasteiger charge is 2.50. The Bertz CT molecular complexity index is 342. The van der Waals surface area contributed by atoms with Gasteiger partial charge in [-0.05, 0) is 0 Å². The molecule has 7 atom stereocenters. The van der Waals surface area contributed by atoms with E-state index in [2.05, 4.69) is 4.74 Å². The van der Waals surface area contributed by atoms with Gasteiger partial charge in [-0.3, -0.25) is 4.57 Å². The largest absolute Gasteiger partial charge is 0.387 e. The van der Waals surface area contributed by atoms with Crippen molar-refractivity contribution in [3.63, 3.8) is 0 Å². The lowest BCUT2D eigenvalue weighted by Crippen LogP contribution is -2.62. The number of rotatable bonds is 4. The molecule has 11 heteroatoms. The summed E-state index contributed by atoms with van der Waals surface area (Å²) in [4.78, 5) is 17.5. The molecule has 0 aliphatic carbocycles. The molecule has 1 aliphatic rings. The van der Waals surface area contributed by atoms with E-state index in [1.54, 1.807) is 0 Å². The molecule has 0 aromatic heterocycles. The fraction of sp³-hybridized carbons (Fsp3) is 1.00. The smallest absolute Gasteiger partial charge is 0.356 e. The maximum atomic E-state index is 10.8. The Hall–Kier alpha value is -0.130. The van der Waals surface area contributed by atoms with Gasteiger partial charge in [-0.2, -0.15) is 0 Å². The molecule has 7 N–H and O–H groups in total. The van der Waals surface area contributed by atoms with Gasteiger partial charge < -0.3 is 44.8 Å². The molecule has 1 saturated heterocycles. The zero-order valence-corrected chi connectivity index (χ0v) is 10.7. The first kappa shape index (κ1) is 16.9. The number of hydrogen-bond acceptors (Lipinski definition) is 8. The monoisotopic (exact) mass is 304 g/mol. The molecule has 19 heavy (non-hydrogen) atoms. The van der Waals surface area contributed by atoms with Crippen LogP contribution < -0.4 is 0 Å². The zero-order valence-electron chi connectivity index (χ0n) is 9.84. The van der Waals surface area contributed by atoms with Crippen LogP contribution >= 0.6 is 7.60 Å². The number of hydrogen-bond donors (Lipinski definition) is 7. The highest BCUT2D eigenvalue weighted by Crippen LogP contribution is 2.43. The second-order valence-electron chi connectivity index (χ2n) is 4.17. The first-order valence-corrected chi connectivity index (χ1v) is 6.93. The van der Waals surface area contributed by atoms with Crippen molar-refractivity contribution in [3.05, 3.63) is 0 Å². The molecule has 0 aromatic rings. The summed E-state index contributed by atoms with van der Waals surface area (Å²) >= 11 is 0. The second kappa shape index (κ2) is 6.10. The van der Waals surface area contributed by atoms with E-state index in [1.165, 1.54) is 0 Å². The van der Waals surface area contributed by atoms with E-state index in [-0.39, 0.29) is 0 Å². The Morgan fingerprint density at radius 3 is 2.05 bits per heavy atom. The lowest BCUT2D eigenvalue weighted by atomic mass is 9.95. The molecule has 1 heterocycles. The standard InChI is InChI=1S/C8H17O10P/c1-17-8-4(11)2(9)3(10)6(18-8)5(12)7(13)19(14,15)16/h2-13H,1H3,(H2,14,15,16)/t2-,3-,4-,5-,6-,7-,8-/m0/s1. The van der Waals surface area contributed by atoms with Gasteiger partial charge in [0.05, 0.1) is 0 Å². The van der Waals surface area contributed by atoms with E-state index in [9.17, 15) is 30.1 Å². The van der Waals surface area contributed by atoms with E-state index in [1.807, 2.05) is 0 Å². The third-order valence-corrected chi connectivity index (χ3v) is 3.82. The van der Waals surface area contributed by atoms with Crippen LogP contribution in [0, 0.1) is 0 Å². The molecule has 0 bridgehead atoms. The van der Waals surface area contributed by atoms with Crippen molar-refractivity contribution < 1.29 is 49.4 Å². The molecule has 0 unspecified atom stereocenters. The minimum absolute atomic E-state index is 1.11. The number of aliphatic hydroxyl groups is 5. The molecule has 0 radical (unpaired) electrons. The average Bonchev–Trinajstić information content (AvgIpc) is 2.33. The van der Waals surface area contributed by atoms with E-state index >= 15 is 0 Å². The van der Waals surface area contributed by atoms with Gasteiger partial charge in [-0.25, -0.2) is 0 Å². The van der Waals surface area contributed by atoms with Crippen molar-refractivity contribution in [1.29, 1.82) is 0 Å². The van der Waals surface area contributed by atoms with Gasteiger partial charge in [-0.1, -0.05) is 0 Å². The minimum atomic E-state index is -5.04. The summed E-state index contributed by atoms with van der Waals surface area (Å²) in [5.74, 6) is -2.51. The van der Waals surface area contributed by atoms with E-state index < -0.39 is 50.3 Å². The van der Waals surface area contributed by atoms with Crippen LogP contribution in [0.5, 0.6) is 0 Å². The van der Waals surface area contributed by atoms with Crippen LogP contribution in [-0.2, 0) is 14.0 Å². The van der Waals surface area contributed by atoms with Gasteiger partial charge in [0.1, 0.15) is 30.5 Å². The summed E-state index contributed by atoms with van der Waals surface area (Å²) in [6, 6.07) is 0. The molecule has 1 aliphatic heterocycles. The summed E-state index contributed by atoms with van der Waals surface area (Å²) in [6.45, 7) is 0. The SMILES string of the molecule is CO[C@H]1O[C@H]([C@H](O)[C@@H](O)P(=O)(O)O)[C@@H](O)[C@H](O)[C@@H]1O. The zero-order chi connectivity index (χ0) is 15.0. The van der Waals surface area contributed by atoms with Crippen LogP contribution in [-0.4, -0.2) is 85.1 Å². The lowest BCUT2D eigenvalue weighted by molar-refractivity contribution is -0.307. The normalized spacial score (nSPS) is 39.9. The predicted molar refractivity (Wildman–Crippen MR) is 57.7 cm³/mol. The second-order valence-corrected chi connectivity index (χ2v) is 5.88. The summed E-state index contributed by atoms with van der Waals surface area (Å²) in [7, 11) is -3.93. The van der Waals surface area contributed by atoms with Crippen LogP contribution in [0.3, 0.4) is 0 Å². The first-order valence-electron chi connectivity index (χ1n) is 5.25. The van der Waals surface area contributed by atoms with E-state index in [0.29, 0.717) is 0 Å². The van der Waals surface area contributed by atoms with Crippen LogP contribution in [0.2, 0.25) is 0 Å². The van der Waals surface area contributed by atoms with Crippen molar-refractivity contribution in [2.45, 2.75) is 42.7 Å². The number of methoxy groups -OCH3 is 1.